The molecular weight excluding hydrogens is 440 g/mol. The minimum absolute atomic E-state index is 0.0335. The van der Waals surface area contributed by atoms with E-state index < -0.39 is 6.04 Å². The van der Waals surface area contributed by atoms with E-state index in [9.17, 15) is 9.59 Å². The lowest BCUT2D eigenvalue weighted by molar-refractivity contribution is -0.140. The molecule has 1 atom stereocenters. The molecule has 6 heteroatoms. The Hall–Kier alpha value is -1.98. The van der Waals surface area contributed by atoms with Crippen molar-refractivity contribution >= 4 is 35.2 Å². The van der Waals surface area contributed by atoms with Crippen molar-refractivity contribution in [1.29, 1.82) is 0 Å². The van der Waals surface area contributed by atoms with Crippen LogP contribution in [0.2, 0.25) is 5.02 Å². The van der Waals surface area contributed by atoms with Gasteiger partial charge < -0.3 is 10.2 Å². The highest BCUT2D eigenvalue weighted by Crippen LogP contribution is 2.22. The van der Waals surface area contributed by atoms with Gasteiger partial charge in [-0.2, -0.15) is 0 Å². The highest BCUT2D eigenvalue weighted by molar-refractivity contribution is 7.99. The Morgan fingerprint density at radius 3 is 2.47 bits per heavy atom. The van der Waals surface area contributed by atoms with E-state index in [0.717, 1.165) is 41.4 Å². The molecule has 1 N–H and O–H groups in total. The number of rotatable bonds is 11. The van der Waals surface area contributed by atoms with E-state index in [0.29, 0.717) is 13.0 Å². The molecule has 0 radical (unpaired) electrons. The topological polar surface area (TPSA) is 49.4 Å². The number of halogens is 1. The number of hydrogen-bond acceptors (Lipinski definition) is 3. The molecule has 1 fully saturated rings. The summed E-state index contributed by atoms with van der Waals surface area (Å²) in [6.45, 7) is 2.40. The van der Waals surface area contributed by atoms with E-state index in [4.69, 9.17) is 11.6 Å². The van der Waals surface area contributed by atoms with Crippen LogP contribution in [0.5, 0.6) is 0 Å². The Labute approximate surface area is 201 Å². The number of carbonyl (C=O) groups excluding carboxylic acids is 2. The summed E-state index contributed by atoms with van der Waals surface area (Å²) in [4.78, 5) is 28.9. The maximum absolute atomic E-state index is 13.1. The highest BCUT2D eigenvalue weighted by Gasteiger charge is 2.27. The molecule has 1 unspecified atom stereocenters. The molecule has 32 heavy (non-hydrogen) atoms. The average Bonchev–Trinajstić information content (AvgIpc) is 3.31. The SMILES string of the molecule is CC(C(=O)NC1CCCC1)N(CCc1ccccc1)C(=O)CCCSc1ccc(Cl)cc1. The van der Waals surface area contributed by atoms with E-state index in [-0.39, 0.29) is 17.9 Å². The van der Waals surface area contributed by atoms with Crippen LogP contribution in [0.25, 0.3) is 0 Å². The summed E-state index contributed by atoms with van der Waals surface area (Å²) >= 11 is 7.66. The zero-order chi connectivity index (χ0) is 22.8. The molecule has 0 bridgehead atoms. The third-order valence-corrected chi connectivity index (χ3v) is 7.32. The van der Waals surface area contributed by atoms with Gasteiger partial charge in [0.15, 0.2) is 0 Å². The number of hydrogen-bond donors (Lipinski definition) is 1. The Morgan fingerprint density at radius 2 is 1.78 bits per heavy atom. The Bertz CT molecular complexity index is 854. The molecular formula is C26H33ClN2O2S. The Kier molecular flexibility index (Phi) is 9.94. The van der Waals surface area contributed by atoms with Gasteiger partial charge in [0.05, 0.1) is 0 Å². The molecule has 0 spiro atoms. The van der Waals surface area contributed by atoms with Crippen molar-refractivity contribution in [2.24, 2.45) is 0 Å². The Morgan fingerprint density at radius 1 is 1.09 bits per heavy atom. The fraction of sp³-hybridized carbons (Fsp3) is 0.462. The van der Waals surface area contributed by atoms with Crippen molar-refractivity contribution in [3.63, 3.8) is 0 Å². The Balaban J connectivity index is 1.54. The number of carbonyl (C=O) groups is 2. The standard InChI is InChI=1S/C26H33ClN2O2S/c1-20(26(31)28-23-10-5-6-11-23)29(18-17-21-8-3-2-4-9-21)25(30)12-7-19-32-24-15-13-22(27)14-16-24/h2-4,8-9,13-16,20,23H,5-7,10-12,17-19H2,1H3,(H,28,31). The summed E-state index contributed by atoms with van der Waals surface area (Å²) in [6.07, 6.45) is 6.37. The molecule has 4 nitrogen and oxygen atoms in total. The molecule has 0 aliphatic heterocycles. The van der Waals surface area contributed by atoms with Gasteiger partial charge in [0, 0.05) is 28.9 Å². The third-order valence-electron chi connectivity index (χ3n) is 5.97. The van der Waals surface area contributed by atoms with E-state index in [1.807, 2.05) is 49.4 Å². The summed E-state index contributed by atoms with van der Waals surface area (Å²) in [5, 5.41) is 3.88. The van der Waals surface area contributed by atoms with Gasteiger partial charge >= 0.3 is 0 Å². The summed E-state index contributed by atoms with van der Waals surface area (Å²) in [7, 11) is 0. The van der Waals surface area contributed by atoms with Crippen LogP contribution in [0.3, 0.4) is 0 Å². The molecule has 1 aliphatic carbocycles. The van der Waals surface area contributed by atoms with E-state index in [2.05, 4.69) is 17.4 Å². The van der Waals surface area contributed by atoms with Crippen LogP contribution >= 0.6 is 23.4 Å². The largest absolute Gasteiger partial charge is 0.352 e. The molecule has 172 valence electrons. The maximum atomic E-state index is 13.1. The van der Waals surface area contributed by atoms with Gasteiger partial charge in [-0.1, -0.05) is 54.8 Å². The second kappa shape index (κ2) is 12.9. The zero-order valence-corrected chi connectivity index (χ0v) is 20.3. The molecule has 0 saturated heterocycles. The summed E-state index contributed by atoms with van der Waals surface area (Å²) < 4.78 is 0. The summed E-state index contributed by atoms with van der Waals surface area (Å²) in [5.74, 6) is 0.864. The third kappa shape index (κ3) is 7.86. The molecule has 1 saturated carbocycles. The van der Waals surface area contributed by atoms with Crippen LogP contribution in [-0.2, 0) is 16.0 Å². The summed E-state index contributed by atoms with van der Waals surface area (Å²) in [6, 6.07) is 17.7. The number of amides is 2. The average molecular weight is 473 g/mol. The number of thioether (sulfide) groups is 1. The van der Waals surface area contributed by atoms with Gasteiger partial charge in [0.1, 0.15) is 6.04 Å². The predicted molar refractivity (Wildman–Crippen MR) is 133 cm³/mol. The first-order chi connectivity index (χ1) is 15.5. The molecule has 2 aromatic rings. The smallest absolute Gasteiger partial charge is 0.242 e. The second-order valence-corrected chi connectivity index (χ2v) is 10.00. The van der Waals surface area contributed by atoms with E-state index in [1.165, 1.54) is 18.4 Å². The van der Waals surface area contributed by atoms with Crippen molar-refractivity contribution in [3.8, 4) is 0 Å². The van der Waals surface area contributed by atoms with Crippen molar-refractivity contribution < 1.29 is 9.59 Å². The minimum atomic E-state index is -0.462. The molecule has 0 aromatic heterocycles. The monoisotopic (exact) mass is 472 g/mol. The summed E-state index contributed by atoms with van der Waals surface area (Å²) in [5.41, 5.74) is 1.17. The van der Waals surface area contributed by atoms with Gasteiger partial charge in [-0.3, -0.25) is 9.59 Å². The molecule has 1 aliphatic rings. The molecule has 2 aromatic carbocycles. The molecule has 0 heterocycles. The van der Waals surface area contributed by atoms with Gasteiger partial charge in [0.25, 0.3) is 0 Å². The van der Waals surface area contributed by atoms with Crippen molar-refractivity contribution in [2.75, 3.05) is 12.3 Å². The van der Waals surface area contributed by atoms with Crippen LogP contribution in [0.1, 0.15) is 51.0 Å². The molecule has 2 amide bonds. The first kappa shape index (κ1) is 24.7. The van der Waals surface area contributed by atoms with Crippen molar-refractivity contribution in [3.05, 3.63) is 65.2 Å². The maximum Gasteiger partial charge on any atom is 0.242 e. The van der Waals surface area contributed by atoms with Crippen molar-refractivity contribution in [1.82, 2.24) is 10.2 Å². The normalized spacial score (nSPS) is 14.8. The fourth-order valence-electron chi connectivity index (χ4n) is 4.05. The first-order valence-corrected chi connectivity index (χ1v) is 12.9. The van der Waals surface area contributed by atoms with Crippen LogP contribution in [0.15, 0.2) is 59.5 Å². The van der Waals surface area contributed by atoms with E-state index >= 15 is 0 Å². The lowest BCUT2D eigenvalue weighted by atomic mass is 10.1. The lowest BCUT2D eigenvalue weighted by Crippen LogP contribution is -2.50. The number of nitrogens with one attached hydrogen (secondary N) is 1. The second-order valence-electron chi connectivity index (χ2n) is 8.39. The predicted octanol–water partition coefficient (Wildman–Crippen LogP) is 5.73. The zero-order valence-electron chi connectivity index (χ0n) is 18.8. The highest BCUT2D eigenvalue weighted by atomic mass is 35.5. The fourth-order valence-corrected chi connectivity index (χ4v) is 5.03. The van der Waals surface area contributed by atoms with Crippen LogP contribution in [0.4, 0.5) is 0 Å². The van der Waals surface area contributed by atoms with Crippen molar-refractivity contribution in [2.45, 2.75) is 68.8 Å². The van der Waals surface area contributed by atoms with Gasteiger partial charge in [-0.05, 0) is 68.2 Å². The number of nitrogens with zero attached hydrogens (tertiary/aromatic N) is 1. The lowest BCUT2D eigenvalue weighted by Gasteiger charge is -2.30. The number of benzene rings is 2. The van der Waals surface area contributed by atoms with Crippen LogP contribution < -0.4 is 5.32 Å². The molecule has 3 rings (SSSR count). The van der Waals surface area contributed by atoms with Gasteiger partial charge in [0.2, 0.25) is 11.8 Å². The van der Waals surface area contributed by atoms with E-state index in [1.54, 1.807) is 16.7 Å². The quantitative estimate of drug-likeness (QED) is 0.335. The minimum Gasteiger partial charge on any atom is -0.352 e. The van der Waals surface area contributed by atoms with Crippen LogP contribution in [0, 0.1) is 0 Å². The van der Waals surface area contributed by atoms with Crippen LogP contribution in [-0.4, -0.2) is 41.1 Å². The van der Waals surface area contributed by atoms with Gasteiger partial charge in [-0.25, -0.2) is 0 Å². The van der Waals surface area contributed by atoms with Gasteiger partial charge in [-0.15, -0.1) is 11.8 Å². The first-order valence-electron chi connectivity index (χ1n) is 11.5.